The maximum atomic E-state index is 12.3. The van der Waals surface area contributed by atoms with E-state index in [9.17, 15) is 19.2 Å². The lowest BCUT2D eigenvalue weighted by molar-refractivity contribution is -0.140. The van der Waals surface area contributed by atoms with E-state index < -0.39 is 17.2 Å². The Bertz CT molecular complexity index is 555. The van der Waals surface area contributed by atoms with E-state index in [1.54, 1.807) is 34.6 Å². The fourth-order valence-corrected chi connectivity index (χ4v) is 2.32. The van der Waals surface area contributed by atoms with Crippen LogP contribution in [-0.4, -0.2) is 55.2 Å². The molecule has 0 bridgehead atoms. The molecule has 0 aliphatic heterocycles. The number of esters is 1. The summed E-state index contributed by atoms with van der Waals surface area (Å²) >= 11 is 0. The third-order valence-corrected chi connectivity index (χ3v) is 3.84. The minimum atomic E-state index is -1.04. The second kappa shape index (κ2) is 13.0. The Kier molecular flexibility index (Phi) is 12.0. The minimum absolute atomic E-state index is 0.181. The summed E-state index contributed by atoms with van der Waals surface area (Å²) in [5.41, 5.74) is -1.61. The van der Waals surface area contributed by atoms with Crippen molar-refractivity contribution in [2.24, 2.45) is 0 Å². The quantitative estimate of drug-likeness (QED) is 0.331. The van der Waals surface area contributed by atoms with Gasteiger partial charge in [0.05, 0.1) is 7.11 Å². The first kappa shape index (κ1) is 26.7. The van der Waals surface area contributed by atoms with Crippen LogP contribution in [0.25, 0.3) is 0 Å². The van der Waals surface area contributed by atoms with E-state index in [4.69, 9.17) is 4.74 Å². The van der Waals surface area contributed by atoms with Crippen molar-refractivity contribution in [1.82, 2.24) is 16.0 Å². The summed E-state index contributed by atoms with van der Waals surface area (Å²) in [4.78, 5) is 46.9. The van der Waals surface area contributed by atoms with Gasteiger partial charge in [0.1, 0.15) is 11.1 Å². The number of hydrogen-bond acceptors (Lipinski definition) is 6. The molecule has 29 heavy (non-hydrogen) atoms. The number of carbonyl (C=O) groups excluding carboxylic acids is 4. The zero-order chi connectivity index (χ0) is 22.5. The van der Waals surface area contributed by atoms with Crippen molar-refractivity contribution in [3.8, 4) is 0 Å². The van der Waals surface area contributed by atoms with E-state index in [1.165, 1.54) is 7.11 Å². The number of methoxy groups -OCH3 is 1. The van der Waals surface area contributed by atoms with Crippen LogP contribution in [0.3, 0.4) is 0 Å². The normalized spacial score (nSPS) is 11.4. The van der Waals surface area contributed by atoms with Gasteiger partial charge < -0.3 is 25.4 Å². The first-order valence-electron chi connectivity index (χ1n) is 10.0. The summed E-state index contributed by atoms with van der Waals surface area (Å²) in [5.74, 6) is -0.779. The number of alkyl carbamates (subject to hydrolysis) is 1. The van der Waals surface area contributed by atoms with E-state index in [-0.39, 0.29) is 24.2 Å². The first-order valence-corrected chi connectivity index (χ1v) is 10.0. The van der Waals surface area contributed by atoms with Gasteiger partial charge in [-0.15, -0.1) is 0 Å². The van der Waals surface area contributed by atoms with Gasteiger partial charge in [-0.25, -0.2) is 4.79 Å². The molecule has 0 aromatic heterocycles. The van der Waals surface area contributed by atoms with Crippen LogP contribution in [0.4, 0.5) is 4.79 Å². The number of amides is 3. The van der Waals surface area contributed by atoms with Gasteiger partial charge in [-0.2, -0.15) is 0 Å². The molecular weight excluding hydrogens is 378 g/mol. The summed E-state index contributed by atoms with van der Waals surface area (Å²) in [5, 5.41) is 8.08. The SMILES string of the molecule is COC(=O)CCCCCNC(=O)C(C)(C)NC(=O)CCCNC(=O)OC(C)(C)C. The molecule has 9 nitrogen and oxygen atoms in total. The highest BCUT2D eigenvalue weighted by atomic mass is 16.6. The number of carbonyl (C=O) groups is 4. The summed E-state index contributed by atoms with van der Waals surface area (Å²) < 4.78 is 9.68. The van der Waals surface area contributed by atoms with Crippen LogP contribution in [0.15, 0.2) is 0 Å². The lowest BCUT2D eigenvalue weighted by Gasteiger charge is -2.25. The van der Waals surface area contributed by atoms with Crippen LogP contribution in [0.1, 0.15) is 73.1 Å². The van der Waals surface area contributed by atoms with Gasteiger partial charge in [-0.05, 0) is 53.9 Å². The topological polar surface area (TPSA) is 123 Å². The standard InChI is InChI=1S/C20H37N3O6/c1-19(2,3)29-18(27)22-14-10-11-15(24)23-20(4,5)17(26)21-13-9-7-8-12-16(25)28-6/h7-14H2,1-6H3,(H,21,26)(H,22,27)(H,23,24). The molecule has 0 saturated carbocycles. The van der Waals surface area contributed by atoms with E-state index in [2.05, 4.69) is 20.7 Å². The Balaban J connectivity index is 4.00. The highest BCUT2D eigenvalue weighted by Gasteiger charge is 2.28. The molecule has 0 radical (unpaired) electrons. The van der Waals surface area contributed by atoms with Gasteiger partial charge in [0, 0.05) is 25.9 Å². The lowest BCUT2D eigenvalue weighted by atomic mass is 10.0. The molecular formula is C20H37N3O6. The molecule has 0 aliphatic rings. The fourth-order valence-electron chi connectivity index (χ4n) is 2.32. The third-order valence-electron chi connectivity index (χ3n) is 3.84. The molecule has 0 atom stereocenters. The molecule has 0 fully saturated rings. The monoisotopic (exact) mass is 415 g/mol. The minimum Gasteiger partial charge on any atom is -0.469 e. The second-order valence-electron chi connectivity index (χ2n) is 8.35. The van der Waals surface area contributed by atoms with Crippen molar-refractivity contribution in [3.05, 3.63) is 0 Å². The van der Waals surface area contributed by atoms with Gasteiger partial charge in [-0.3, -0.25) is 14.4 Å². The van der Waals surface area contributed by atoms with Crippen molar-refractivity contribution in [3.63, 3.8) is 0 Å². The van der Waals surface area contributed by atoms with Crippen molar-refractivity contribution < 1.29 is 28.7 Å². The molecule has 0 aromatic carbocycles. The maximum Gasteiger partial charge on any atom is 0.407 e. The van der Waals surface area contributed by atoms with Crippen LogP contribution in [-0.2, 0) is 23.9 Å². The van der Waals surface area contributed by atoms with Gasteiger partial charge in [0.2, 0.25) is 11.8 Å². The number of ether oxygens (including phenoxy) is 2. The predicted octanol–water partition coefficient (Wildman–Crippen LogP) is 2.04. The fraction of sp³-hybridized carbons (Fsp3) is 0.800. The van der Waals surface area contributed by atoms with Crippen LogP contribution >= 0.6 is 0 Å². The van der Waals surface area contributed by atoms with E-state index in [1.807, 2.05) is 0 Å². The molecule has 0 aliphatic carbocycles. The summed E-state index contributed by atoms with van der Waals surface area (Å²) in [6, 6.07) is 0. The first-order chi connectivity index (χ1) is 13.4. The zero-order valence-electron chi connectivity index (χ0n) is 18.6. The summed E-state index contributed by atoms with van der Waals surface area (Å²) in [6.07, 6.45) is 2.71. The summed E-state index contributed by atoms with van der Waals surface area (Å²) in [7, 11) is 1.36. The Morgan fingerprint density at radius 2 is 1.41 bits per heavy atom. The van der Waals surface area contributed by atoms with Gasteiger partial charge in [0.15, 0.2) is 0 Å². The Labute approximate surface area is 173 Å². The molecule has 0 unspecified atom stereocenters. The second-order valence-corrected chi connectivity index (χ2v) is 8.35. The highest BCUT2D eigenvalue weighted by Crippen LogP contribution is 2.07. The maximum absolute atomic E-state index is 12.3. The molecule has 3 amide bonds. The predicted molar refractivity (Wildman–Crippen MR) is 109 cm³/mol. The molecule has 0 aromatic rings. The number of nitrogens with one attached hydrogen (secondary N) is 3. The number of hydrogen-bond donors (Lipinski definition) is 3. The molecule has 3 N–H and O–H groups in total. The molecule has 0 heterocycles. The third kappa shape index (κ3) is 14.3. The Hall–Kier alpha value is -2.32. The van der Waals surface area contributed by atoms with Crippen molar-refractivity contribution in [2.75, 3.05) is 20.2 Å². The van der Waals surface area contributed by atoms with Crippen LogP contribution in [0.5, 0.6) is 0 Å². The van der Waals surface area contributed by atoms with Gasteiger partial charge in [-0.1, -0.05) is 6.42 Å². The molecule has 168 valence electrons. The smallest absolute Gasteiger partial charge is 0.407 e. The van der Waals surface area contributed by atoms with E-state index in [0.29, 0.717) is 32.4 Å². The van der Waals surface area contributed by atoms with Gasteiger partial charge >= 0.3 is 12.1 Å². The average Bonchev–Trinajstić information content (AvgIpc) is 2.59. The molecule has 0 saturated heterocycles. The summed E-state index contributed by atoms with van der Waals surface area (Å²) in [6.45, 7) is 9.37. The molecule has 0 spiro atoms. The zero-order valence-corrected chi connectivity index (χ0v) is 18.6. The van der Waals surface area contributed by atoms with Crippen molar-refractivity contribution in [2.45, 2.75) is 84.3 Å². The van der Waals surface area contributed by atoms with Crippen LogP contribution in [0, 0.1) is 0 Å². The Morgan fingerprint density at radius 1 is 0.793 bits per heavy atom. The van der Waals surface area contributed by atoms with E-state index >= 15 is 0 Å². The lowest BCUT2D eigenvalue weighted by Crippen LogP contribution is -2.54. The van der Waals surface area contributed by atoms with E-state index in [0.717, 1.165) is 12.8 Å². The number of unbranched alkanes of at least 4 members (excludes halogenated alkanes) is 2. The van der Waals surface area contributed by atoms with Gasteiger partial charge in [0.25, 0.3) is 0 Å². The van der Waals surface area contributed by atoms with Crippen molar-refractivity contribution >= 4 is 23.9 Å². The van der Waals surface area contributed by atoms with Crippen molar-refractivity contribution in [1.29, 1.82) is 0 Å². The molecule has 0 rings (SSSR count). The largest absolute Gasteiger partial charge is 0.469 e. The molecule has 9 heteroatoms. The number of rotatable bonds is 12. The van der Waals surface area contributed by atoms with Crippen LogP contribution < -0.4 is 16.0 Å². The highest BCUT2D eigenvalue weighted by molar-refractivity contribution is 5.90. The average molecular weight is 416 g/mol. The Morgan fingerprint density at radius 3 is 2.00 bits per heavy atom. The van der Waals surface area contributed by atoms with Crippen LogP contribution in [0.2, 0.25) is 0 Å².